The summed E-state index contributed by atoms with van der Waals surface area (Å²) in [6, 6.07) is 8.06. The number of hydrogen-bond acceptors (Lipinski definition) is 4. The van der Waals surface area contributed by atoms with Crippen LogP contribution in [0, 0.1) is 0 Å². The van der Waals surface area contributed by atoms with E-state index < -0.39 is 0 Å². The molecule has 1 N–H and O–H groups in total. The smallest absolute Gasteiger partial charge is 0.118 e. The minimum absolute atomic E-state index is 0.860. The molecule has 2 aromatic heterocycles. The van der Waals surface area contributed by atoms with Gasteiger partial charge in [-0.25, -0.2) is 4.98 Å². The number of fused-ring (bicyclic) bond motifs is 1. The molecule has 6 heteroatoms. The SMILES string of the molecule is COc1ccc(-c2[nH]ncc2CN2CCn3cncc3C2)cc1. The molecule has 3 aromatic rings. The number of methoxy groups -OCH3 is 1. The molecule has 4 rings (SSSR count). The number of hydrogen-bond donors (Lipinski definition) is 1. The minimum atomic E-state index is 0.860. The number of aromatic amines is 1. The number of rotatable bonds is 4. The minimum Gasteiger partial charge on any atom is -0.497 e. The van der Waals surface area contributed by atoms with Gasteiger partial charge in [0.15, 0.2) is 0 Å². The Hall–Kier alpha value is -2.60. The second kappa shape index (κ2) is 5.89. The van der Waals surface area contributed by atoms with Crippen LogP contribution in [-0.2, 0) is 19.6 Å². The van der Waals surface area contributed by atoms with E-state index >= 15 is 0 Å². The summed E-state index contributed by atoms with van der Waals surface area (Å²) < 4.78 is 7.44. The summed E-state index contributed by atoms with van der Waals surface area (Å²) in [7, 11) is 1.68. The quantitative estimate of drug-likeness (QED) is 0.803. The fraction of sp³-hybridized carbons (Fsp3) is 0.294. The topological polar surface area (TPSA) is 59.0 Å². The predicted molar refractivity (Wildman–Crippen MR) is 86.9 cm³/mol. The van der Waals surface area contributed by atoms with Crippen LogP contribution < -0.4 is 4.74 Å². The van der Waals surface area contributed by atoms with E-state index in [4.69, 9.17) is 4.74 Å². The van der Waals surface area contributed by atoms with Crippen molar-refractivity contribution in [3.05, 3.63) is 54.2 Å². The van der Waals surface area contributed by atoms with Crippen LogP contribution >= 0.6 is 0 Å². The number of H-pyrrole nitrogens is 1. The van der Waals surface area contributed by atoms with Crippen LogP contribution in [-0.4, -0.2) is 38.3 Å². The molecular formula is C17H19N5O. The highest BCUT2D eigenvalue weighted by Crippen LogP contribution is 2.25. The monoisotopic (exact) mass is 309 g/mol. The maximum Gasteiger partial charge on any atom is 0.118 e. The summed E-state index contributed by atoms with van der Waals surface area (Å²) in [6.07, 6.45) is 5.78. The Balaban J connectivity index is 1.53. The van der Waals surface area contributed by atoms with Crippen LogP contribution in [0.2, 0.25) is 0 Å². The van der Waals surface area contributed by atoms with Crippen molar-refractivity contribution in [3.63, 3.8) is 0 Å². The third-order valence-electron chi connectivity index (χ3n) is 4.33. The van der Waals surface area contributed by atoms with Gasteiger partial charge in [-0.05, 0) is 24.3 Å². The maximum absolute atomic E-state index is 5.22. The van der Waals surface area contributed by atoms with Gasteiger partial charge in [0, 0.05) is 43.5 Å². The molecule has 6 nitrogen and oxygen atoms in total. The molecule has 0 bridgehead atoms. The molecule has 0 amide bonds. The van der Waals surface area contributed by atoms with Crippen LogP contribution in [0.4, 0.5) is 0 Å². The van der Waals surface area contributed by atoms with Crippen molar-refractivity contribution in [2.75, 3.05) is 13.7 Å². The van der Waals surface area contributed by atoms with Gasteiger partial charge in [0.25, 0.3) is 0 Å². The van der Waals surface area contributed by atoms with Crippen LogP contribution in [0.15, 0.2) is 43.0 Å². The maximum atomic E-state index is 5.22. The van der Waals surface area contributed by atoms with Gasteiger partial charge in [-0.15, -0.1) is 0 Å². The molecule has 3 heterocycles. The standard InChI is InChI=1S/C17H19N5O/c1-23-16-4-2-13(3-5-16)17-14(8-19-20-17)10-21-6-7-22-12-18-9-15(22)11-21/h2-5,8-9,12H,6-7,10-11H2,1H3,(H,19,20). The summed E-state index contributed by atoms with van der Waals surface area (Å²) in [5, 5.41) is 7.37. The van der Waals surface area contributed by atoms with Crippen LogP contribution in [0.3, 0.4) is 0 Å². The number of nitrogens with one attached hydrogen (secondary N) is 1. The lowest BCUT2D eigenvalue weighted by Crippen LogP contribution is -2.32. The number of imidazole rings is 1. The van der Waals surface area contributed by atoms with Crippen molar-refractivity contribution in [2.45, 2.75) is 19.6 Å². The fourth-order valence-electron chi connectivity index (χ4n) is 3.05. The van der Waals surface area contributed by atoms with Gasteiger partial charge < -0.3 is 9.30 Å². The van der Waals surface area contributed by atoms with E-state index in [2.05, 4.69) is 36.8 Å². The van der Waals surface area contributed by atoms with Crippen molar-refractivity contribution in [1.29, 1.82) is 0 Å². The van der Waals surface area contributed by atoms with E-state index in [1.165, 1.54) is 11.3 Å². The third-order valence-corrected chi connectivity index (χ3v) is 4.33. The fourth-order valence-corrected chi connectivity index (χ4v) is 3.05. The first-order valence-electron chi connectivity index (χ1n) is 7.71. The summed E-state index contributed by atoms with van der Waals surface area (Å²) in [6.45, 7) is 3.82. The Labute approximate surface area is 134 Å². The Morgan fingerprint density at radius 1 is 1.17 bits per heavy atom. The summed E-state index contributed by atoms with van der Waals surface area (Å²) >= 11 is 0. The van der Waals surface area contributed by atoms with Crippen LogP contribution in [0.25, 0.3) is 11.3 Å². The van der Waals surface area contributed by atoms with Crippen molar-refractivity contribution >= 4 is 0 Å². The molecular weight excluding hydrogens is 290 g/mol. The van der Waals surface area contributed by atoms with E-state index in [0.29, 0.717) is 0 Å². The van der Waals surface area contributed by atoms with Crippen molar-refractivity contribution in [2.24, 2.45) is 0 Å². The van der Waals surface area contributed by atoms with Gasteiger partial charge in [-0.3, -0.25) is 10.00 Å². The van der Waals surface area contributed by atoms with Gasteiger partial charge in [0.05, 0.1) is 31.0 Å². The first kappa shape index (κ1) is 14.0. The Morgan fingerprint density at radius 2 is 2.04 bits per heavy atom. The largest absolute Gasteiger partial charge is 0.497 e. The lowest BCUT2D eigenvalue weighted by atomic mass is 10.1. The van der Waals surface area contributed by atoms with Gasteiger partial charge in [0.2, 0.25) is 0 Å². The molecule has 0 atom stereocenters. The summed E-state index contributed by atoms with van der Waals surface area (Å²) in [5.41, 5.74) is 4.68. The molecule has 1 aliphatic heterocycles. The van der Waals surface area contributed by atoms with Gasteiger partial charge in [-0.1, -0.05) is 0 Å². The Morgan fingerprint density at radius 3 is 2.87 bits per heavy atom. The second-order valence-electron chi connectivity index (χ2n) is 5.79. The van der Waals surface area contributed by atoms with Crippen molar-refractivity contribution in [3.8, 4) is 17.0 Å². The molecule has 1 aromatic carbocycles. The first-order chi connectivity index (χ1) is 11.3. The number of aromatic nitrogens is 4. The highest BCUT2D eigenvalue weighted by Gasteiger charge is 2.18. The number of ether oxygens (including phenoxy) is 1. The molecule has 23 heavy (non-hydrogen) atoms. The van der Waals surface area contributed by atoms with Gasteiger partial charge in [-0.2, -0.15) is 5.10 Å². The zero-order chi connectivity index (χ0) is 15.6. The zero-order valence-electron chi connectivity index (χ0n) is 13.1. The highest BCUT2D eigenvalue weighted by molar-refractivity contribution is 5.63. The molecule has 0 saturated heterocycles. The lowest BCUT2D eigenvalue weighted by molar-refractivity contribution is 0.213. The van der Waals surface area contributed by atoms with E-state index in [1.54, 1.807) is 7.11 Å². The lowest BCUT2D eigenvalue weighted by Gasteiger charge is -2.27. The Kier molecular flexibility index (Phi) is 3.59. The van der Waals surface area contributed by atoms with Crippen molar-refractivity contribution in [1.82, 2.24) is 24.6 Å². The molecule has 0 spiro atoms. The molecule has 0 unspecified atom stereocenters. The molecule has 0 saturated carbocycles. The summed E-state index contributed by atoms with van der Waals surface area (Å²) in [5.74, 6) is 0.860. The third kappa shape index (κ3) is 2.73. The predicted octanol–water partition coefficient (Wildman–Crippen LogP) is 2.30. The number of benzene rings is 1. The van der Waals surface area contributed by atoms with E-state index in [0.717, 1.165) is 43.2 Å². The van der Waals surface area contributed by atoms with Crippen LogP contribution in [0.5, 0.6) is 5.75 Å². The summed E-state index contributed by atoms with van der Waals surface area (Å²) in [4.78, 5) is 6.65. The van der Waals surface area contributed by atoms with Gasteiger partial charge in [0.1, 0.15) is 5.75 Å². The first-order valence-corrected chi connectivity index (χ1v) is 7.71. The average molecular weight is 309 g/mol. The molecule has 118 valence electrons. The second-order valence-corrected chi connectivity index (χ2v) is 5.79. The van der Waals surface area contributed by atoms with E-state index in [1.807, 2.05) is 30.9 Å². The molecule has 1 aliphatic rings. The molecule has 0 fully saturated rings. The number of nitrogens with zero attached hydrogens (tertiary/aromatic N) is 4. The highest BCUT2D eigenvalue weighted by atomic mass is 16.5. The normalized spacial score (nSPS) is 14.7. The van der Waals surface area contributed by atoms with Crippen molar-refractivity contribution < 1.29 is 4.74 Å². The van der Waals surface area contributed by atoms with E-state index in [9.17, 15) is 0 Å². The zero-order valence-corrected chi connectivity index (χ0v) is 13.1. The molecule has 0 aliphatic carbocycles. The Bertz CT molecular complexity index is 789. The van der Waals surface area contributed by atoms with E-state index in [-0.39, 0.29) is 0 Å². The molecule has 0 radical (unpaired) electrons. The average Bonchev–Trinajstić information content (AvgIpc) is 3.23. The van der Waals surface area contributed by atoms with Crippen LogP contribution in [0.1, 0.15) is 11.3 Å². The van der Waals surface area contributed by atoms with Gasteiger partial charge >= 0.3 is 0 Å².